The molecule has 0 saturated carbocycles. The average molecular weight is 264 g/mol. The van der Waals surface area contributed by atoms with Gasteiger partial charge in [-0.15, -0.1) is 11.7 Å². The Bertz CT molecular complexity index is 423. The second-order valence-corrected chi connectivity index (χ2v) is 5.80. The predicted octanol–water partition coefficient (Wildman–Crippen LogP) is 4.92. The van der Waals surface area contributed by atoms with E-state index in [-0.39, 0.29) is 0 Å². The molecule has 0 aliphatic rings. The highest BCUT2D eigenvalue weighted by Crippen LogP contribution is 2.28. The highest BCUT2D eigenvalue weighted by atomic mass is 33.1. The van der Waals surface area contributed by atoms with Gasteiger partial charge in [-0.25, -0.2) is 0 Å². The first-order chi connectivity index (χ1) is 7.88. The van der Waals surface area contributed by atoms with E-state index in [2.05, 4.69) is 60.2 Å². The van der Waals surface area contributed by atoms with Gasteiger partial charge in [0.05, 0.1) is 0 Å². The molecule has 0 spiro atoms. The molecule has 0 heterocycles. The van der Waals surface area contributed by atoms with Gasteiger partial charge >= 0.3 is 0 Å². The van der Waals surface area contributed by atoms with Crippen LogP contribution in [0.25, 0.3) is 0 Å². The molecular weight excluding hydrogens is 252 g/mol. The molecule has 2 aromatic carbocycles. The van der Waals surface area contributed by atoms with E-state index in [9.17, 15) is 0 Å². The minimum absolute atomic E-state index is 0.958. The number of hydrogen-bond acceptors (Lipinski definition) is 3. The zero-order chi connectivity index (χ0) is 11.2. The number of benzene rings is 2. The molecule has 0 bridgehead atoms. The molecule has 0 fully saturated rings. The van der Waals surface area contributed by atoms with Gasteiger partial charge in [0.2, 0.25) is 0 Å². The van der Waals surface area contributed by atoms with Crippen LogP contribution in [-0.2, 0) is 5.75 Å². The molecule has 0 atom stereocenters. The minimum Gasteiger partial charge on any atom is -0.111 e. The summed E-state index contributed by atoms with van der Waals surface area (Å²) in [5.74, 6) is 0.958. The van der Waals surface area contributed by atoms with Gasteiger partial charge in [-0.3, -0.25) is 0 Å². The van der Waals surface area contributed by atoms with Crippen LogP contribution in [0.5, 0.6) is 0 Å². The molecule has 0 unspecified atom stereocenters. The lowest BCUT2D eigenvalue weighted by Crippen LogP contribution is -1.78. The normalized spacial score (nSPS) is 10.3. The predicted molar refractivity (Wildman–Crippen MR) is 77.3 cm³/mol. The minimum atomic E-state index is 0.958. The van der Waals surface area contributed by atoms with E-state index < -0.39 is 0 Å². The van der Waals surface area contributed by atoms with Crippen LogP contribution in [0.15, 0.2) is 64.4 Å². The van der Waals surface area contributed by atoms with E-state index in [4.69, 9.17) is 0 Å². The van der Waals surface area contributed by atoms with Gasteiger partial charge < -0.3 is 0 Å². The molecule has 0 N–H and O–H groups in total. The third-order valence-corrected chi connectivity index (χ3v) is 4.00. The Morgan fingerprint density at radius 1 is 0.812 bits per heavy atom. The van der Waals surface area contributed by atoms with Gasteiger partial charge in [-0.2, -0.15) is 0 Å². The molecular formula is C13H12S3. The van der Waals surface area contributed by atoms with Crippen molar-refractivity contribution in [2.75, 3.05) is 0 Å². The summed E-state index contributed by atoms with van der Waals surface area (Å²) in [6.07, 6.45) is 0. The Morgan fingerprint density at radius 3 is 2.06 bits per heavy atom. The summed E-state index contributed by atoms with van der Waals surface area (Å²) < 4.78 is 0. The lowest BCUT2D eigenvalue weighted by molar-refractivity contribution is 1.34. The molecule has 0 aliphatic carbocycles. The average Bonchev–Trinajstić information content (AvgIpc) is 2.33. The van der Waals surface area contributed by atoms with Crippen LogP contribution >= 0.6 is 34.2 Å². The molecule has 16 heavy (non-hydrogen) atoms. The van der Waals surface area contributed by atoms with Crippen molar-refractivity contribution >= 4 is 34.2 Å². The molecule has 82 valence electrons. The summed E-state index contributed by atoms with van der Waals surface area (Å²) in [5, 5.41) is 0. The van der Waals surface area contributed by atoms with Gasteiger partial charge in [-0.1, -0.05) is 52.9 Å². The summed E-state index contributed by atoms with van der Waals surface area (Å²) in [6.45, 7) is 0. The van der Waals surface area contributed by atoms with E-state index >= 15 is 0 Å². The molecule has 0 aromatic heterocycles. The van der Waals surface area contributed by atoms with Crippen LogP contribution < -0.4 is 0 Å². The van der Waals surface area contributed by atoms with E-state index in [0.29, 0.717) is 0 Å². The maximum absolute atomic E-state index is 4.15. The highest BCUT2D eigenvalue weighted by Gasteiger charge is 1.97. The van der Waals surface area contributed by atoms with Crippen LogP contribution in [0.4, 0.5) is 0 Å². The van der Waals surface area contributed by atoms with Crippen molar-refractivity contribution in [2.45, 2.75) is 15.5 Å². The zero-order valence-electron chi connectivity index (χ0n) is 8.67. The fourth-order valence-electron chi connectivity index (χ4n) is 1.35. The van der Waals surface area contributed by atoms with E-state index in [1.54, 1.807) is 22.6 Å². The fraction of sp³-hybridized carbons (Fsp3) is 0.0769. The van der Waals surface area contributed by atoms with Crippen molar-refractivity contribution < 1.29 is 0 Å². The van der Waals surface area contributed by atoms with Crippen LogP contribution in [0, 0.1) is 0 Å². The maximum atomic E-state index is 4.15. The Labute approximate surface area is 110 Å². The van der Waals surface area contributed by atoms with E-state index in [1.807, 2.05) is 6.07 Å². The molecule has 0 aliphatic heterocycles. The van der Waals surface area contributed by atoms with Gasteiger partial charge in [-0.05, 0) is 29.8 Å². The summed E-state index contributed by atoms with van der Waals surface area (Å²) >= 11 is 5.94. The van der Waals surface area contributed by atoms with E-state index in [0.717, 1.165) is 5.75 Å². The molecule has 0 amide bonds. The fourth-order valence-corrected chi connectivity index (χ4v) is 2.98. The quantitative estimate of drug-likeness (QED) is 0.615. The summed E-state index contributed by atoms with van der Waals surface area (Å²) in [7, 11) is 1.55. The SMILES string of the molecule is SSCc1ccc(Sc2ccccc2)cc1. The lowest BCUT2D eigenvalue weighted by Gasteiger charge is -2.02. The van der Waals surface area contributed by atoms with Gasteiger partial charge in [0.1, 0.15) is 0 Å². The highest BCUT2D eigenvalue weighted by molar-refractivity contribution is 8.68. The van der Waals surface area contributed by atoms with Crippen molar-refractivity contribution in [3.8, 4) is 0 Å². The monoisotopic (exact) mass is 264 g/mol. The van der Waals surface area contributed by atoms with Crippen molar-refractivity contribution in [3.63, 3.8) is 0 Å². The smallest absolute Gasteiger partial charge is 0.0286 e. The second kappa shape index (κ2) is 6.28. The molecule has 0 saturated heterocycles. The van der Waals surface area contributed by atoms with Crippen LogP contribution in [0.2, 0.25) is 0 Å². The molecule has 0 radical (unpaired) electrons. The number of thiol groups is 1. The molecule has 3 heteroatoms. The van der Waals surface area contributed by atoms with Crippen molar-refractivity contribution in [2.24, 2.45) is 0 Å². The van der Waals surface area contributed by atoms with Gasteiger partial charge in [0.25, 0.3) is 0 Å². The summed E-state index contributed by atoms with van der Waals surface area (Å²) in [5.41, 5.74) is 1.32. The van der Waals surface area contributed by atoms with Crippen LogP contribution in [0.3, 0.4) is 0 Å². The Hall–Kier alpha value is -0.510. The number of hydrogen-bond donors (Lipinski definition) is 1. The maximum Gasteiger partial charge on any atom is 0.0286 e. The van der Waals surface area contributed by atoms with Crippen molar-refractivity contribution in [3.05, 3.63) is 60.2 Å². The van der Waals surface area contributed by atoms with E-state index in [1.165, 1.54) is 15.4 Å². The molecule has 0 nitrogen and oxygen atoms in total. The first kappa shape index (κ1) is 12.0. The lowest BCUT2D eigenvalue weighted by atomic mass is 10.2. The second-order valence-electron chi connectivity index (χ2n) is 3.33. The largest absolute Gasteiger partial charge is 0.111 e. The Kier molecular flexibility index (Phi) is 4.69. The molecule has 2 rings (SSSR count). The zero-order valence-corrected chi connectivity index (χ0v) is 11.2. The third kappa shape index (κ3) is 3.51. The van der Waals surface area contributed by atoms with Crippen LogP contribution in [0.1, 0.15) is 5.56 Å². The first-order valence-electron chi connectivity index (χ1n) is 4.97. The summed E-state index contributed by atoms with van der Waals surface area (Å²) in [6, 6.07) is 19.1. The Balaban J connectivity index is 2.05. The van der Waals surface area contributed by atoms with Crippen molar-refractivity contribution in [1.29, 1.82) is 0 Å². The summed E-state index contributed by atoms with van der Waals surface area (Å²) in [4.78, 5) is 2.55. The molecule has 2 aromatic rings. The van der Waals surface area contributed by atoms with Gasteiger partial charge in [0.15, 0.2) is 0 Å². The standard InChI is InChI=1S/C13H12S3/c14-15-10-11-6-8-13(9-7-11)16-12-4-2-1-3-5-12/h1-9,14H,10H2. The van der Waals surface area contributed by atoms with Crippen LogP contribution in [-0.4, -0.2) is 0 Å². The van der Waals surface area contributed by atoms with Crippen molar-refractivity contribution in [1.82, 2.24) is 0 Å². The Morgan fingerprint density at radius 2 is 1.44 bits per heavy atom. The van der Waals surface area contributed by atoms with Gasteiger partial charge in [0, 0.05) is 15.5 Å². The first-order valence-corrected chi connectivity index (χ1v) is 7.82. The topological polar surface area (TPSA) is 0 Å². The number of rotatable bonds is 4. The third-order valence-electron chi connectivity index (χ3n) is 2.13.